The van der Waals surface area contributed by atoms with Crippen molar-refractivity contribution >= 4 is 142 Å². The van der Waals surface area contributed by atoms with Crippen LogP contribution in [0, 0.1) is 0 Å². The standard InChI is InChI=1S/C43H30N4.C39H25N5.C38H24N4/c1-43(2)35-17-9-6-14-30(35)31-21-20-28(25-36(31)43)41-33-16-7-10-18-37(33)44-42(45-41)47-38-19-11-8-15-32(38)34-24-27-22-23-46(39(27)26-40(34)47)29-12-4-3-5-13-29;1-2-10-29(11-3-1)43-23-21-28-24-32-30-12-5-7-16-35(30)44(37(32)25-36(28)43)39-41-34-15-6-4-13-31(34)38(42-39)27-19-17-26(18-20-27)33-14-8-9-22-40-33;1-2-13-27(14-3-1)41-22-21-26-23-32-29-16-7-9-20-34(29)42(36(32)24-35(26)41)38-39-33-19-8-6-17-31(33)37(40-38)30-18-10-12-25-11-4-5-15-28(25)30/h3-26H,1-2H3;1-25H;1-24H. The van der Waals surface area contributed by atoms with Crippen LogP contribution in [0.2, 0.25) is 0 Å². The molecule has 1 aliphatic carbocycles. The molecule has 0 fully saturated rings. The van der Waals surface area contributed by atoms with Crippen molar-refractivity contribution in [3.05, 3.63) is 454 Å². The number of hydrogen-bond donors (Lipinski definition) is 0. The molecule has 1 aliphatic rings. The summed E-state index contributed by atoms with van der Waals surface area (Å²) in [5.74, 6) is 1.99. The third-order valence-electron chi connectivity index (χ3n) is 26.9. The maximum absolute atomic E-state index is 5.43. The summed E-state index contributed by atoms with van der Waals surface area (Å²) in [6, 6.07) is 148. The molecule has 27 aromatic rings. The first-order chi connectivity index (χ1) is 65.7. The van der Waals surface area contributed by atoms with Crippen LogP contribution in [-0.4, -0.2) is 62.3 Å². The lowest BCUT2D eigenvalue weighted by Crippen LogP contribution is -2.15. The van der Waals surface area contributed by atoms with Crippen LogP contribution in [0.15, 0.2) is 443 Å². The topological polar surface area (TPSA) is 120 Å². The van der Waals surface area contributed by atoms with E-state index in [0.29, 0.717) is 17.8 Å². The van der Waals surface area contributed by atoms with E-state index < -0.39 is 0 Å². The fraction of sp³-hybridized carbons (Fsp3) is 0.0250. The van der Waals surface area contributed by atoms with Crippen molar-refractivity contribution in [2.75, 3.05) is 0 Å². The van der Waals surface area contributed by atoms with Crippen LogP contribution in [0.4, 0.5) is 0 Å². The average Bonchev–Trinajstić information content (AvgIpc) is 1.58. The van der Waals surface area contributed by atoms with Gasteiger partial charge in [0.25, 0.3) is 0 Å². The first-order valence-corrected chi connectivity index (χ1v) is 45.1. The van der Waals surface area contributed by atoms with E-state index in [1.165, 1.54) is 81.5 Å². The molecule has 0 saturated heterocycles. The van der Waals surface area contributed by atoms with Crippen LogP contribution in [0.25, 0.3) is 233 Å². The number of fused-ring (bicyclic) bond motifs is 19. The molecule has 0 unspecified atom stereocenters. The molecule has 10 aromatic heterocycles. The SMILES string of the molecule is CC1(C)c2ccccc2-c2ccc(-c3nc(-n4c5ccccc5c5cc6ccn(-c7ccccc7)c6cc54)nc4ccccc34)cc21.c1ccc(-n2ccc3cc4c5ccccc5n(-c5nc(-c6ccc(-c7ccccn7)cc6)c6ccccc6n5)c4cc32)cc1.c1ccc(-n2ccc3cc4c5ccccc5n(-c5nc(-c6cccc7ccccc67)c6ccccc6n5)c4cc32)cc1. The molecular formula is C120H79N13. The number of para-hydroxylation sites is 9. The number of rotatable bonds is 10. The largest absolute Gasteiger partial charge is 0.316 e. The highest BCUT2D eigenvalue weighted by atomic mass is 15.2. The van der Waals surface area contributed by atoms with Gasteiger partial charge < -0.3 is 13.7 Å². The van der Waals surface area contributed by atoms with Gasteiger partial charge in [-0.25, -0.2) is 29.9 Å². The van der Waals surface area contributed by atoms with Crippen molar-refractivity contribution in [3.63, 3.8) is 0 Å². The molecule has 0 N–H and O–H groups in total. The van der Waals surface area contributed by atoms with E-state index in [1.807, 2.05) is 48.7 Å². The zero-order chi connectivity index (χ0) is 87.9. The molecule has 0 saturated carbocycles. The summed E-state index contributed by atoms with van der Waals surface area (Å²) in [7, 11) is 0. The highest BCUT2D eigenvalue weighted by Gasteiger charge is 2.36. The number of benzene rings is 17. The van der Waals surface area contributed by atoms with E-state index in [4.69, 9.17) is 29.9 Å². The molecule has 0 atom stereocenters. The lowest BCUT2D eigenvalue weighted by molar-refractivity contribution is 0.660. The molecule has 13 heteroatoms. The third kappa shape index (κ3) is 12.6. The summed E-state index contributed by atoms with van der Waals surface area (Å²) in [6.45, 7) is 4.66. The second-order valence-corrected chi connectivity index (χ2v) is 34.8. The summed E-state index contributed by atoms with van der Waals surface area (Å²) < 4.78 is 13.4. The van der Waals surface area contributed by atoms with Crippen LogP contribution in [0.5, 0.6) is 0 Å². The van der Waals surface area contributed by atoms with Crippen molar-refractivity contribution in [1.82, 2.24) is 62.3 Å². The lowest BCUT2D eigenvalue weighted by atomic mass is 9.82. The molecule has 10 heterocycles. The monoisotopic (exact) mass is 1700 g/mol. The van der Waals surface area contributed by atoms with E-state index in [9.17, 15) is 0 Å². The third-order valence-corrected chi connectivity index (χ3v) is 26.9. The lowest BCUT2D eigenvalue weighted by Gasteiger charge is -2.22. The van der Waals surface area contributed by atoms with Crippen molar-refractivity contribution in [2.45, 2.75) is 19.3 Å². The maximum Gasteiger partial charge on any atom is 0.235 e. The van der Waals surface area contributed by atoms with Gasteiger partial charge in [-0.2, -0.15) is 0 Å². The van der Waals surface area contributed by atoms with Gasteiger partial charge in [-0.3, -0.25) is 18.7 Å². The number of aromatic nitrogens is 13. The quantitative estimate of drug-likeness (QED) is 0.134. The molecule has 133 heavy (non-hydrogen) atoms. The van der Waals surface area contributed by atoms with Crippen molar-refractivity contribution < 1.29 is 0 Å². The fourth-order valence-corrected chi connectivity index (χ4v) is 20.6. The average molecular weight is 1700 g/mol. The Morgan fingerprint density at radius 1 is 0.211 bits per heavy atom. The Hall–Kier alpha value is -17.8. The molecule has 0 radical (unpaired) electrons. The van der Waals surface area contributed by atoms with Gasteiger partial charge in [0.15, 0.2) is 0 Å². The van der Waals surface area contributed by atoms with E-state index in [0.717, 1.165) is 144 Å². The minimum absolute atomic E-state index is 0.0977. The second kappa shape index (κ2) is 30.7. The van der Waals surface area contributed by atoms with Gasteiger partial charge >= 0.3 is 0 Å². The van der Waals surface area contributed by atoms with Crippen molar-refractivity contribution in [2.24, 2.45) is 0 Å². The molecule has 0 aliphatic heterocycles. The minimum atomic E-state index is -0.0977. The first-order valence-electron chi connectivity index (χ1n) is 45.1. The Morgan fingerprint density at radius 3 is 1.05 bits per heavy atom. The highest BCUT2D eigenvalue weighted by Crippen LogP contribution is 2.51. The Morgan fingerprint density at radius 2 is 0.571 bits per heavy atom. The predicted octanol–water partition coefficient (Wildman–Crippen LogP) is 29.5. The fourth-order valence-electron chi connectivity index (χ4n) is 20.6. The van der Waals surface area contributed by atoms with E-state index >= 15 is 0 Å². The summed E-state index contributed by atoms with van der Waals surface area (Å²) in [6.07, 6.45) is 8.27. The summed E-state index contributed by atoms with van der Waals surface area (Å²) in [5.41, 5.74) is 29.4. The highest BCUT2D eigenvalue weighted by molar-refractivity contribution is 6.17. The van der Waals surface area contributed by atoms with E-state index in [-0.39, 0.29) is 5.41 Å². The normalized spacial score (nSPS) is 12.3. The second-order valence-electron chi connectivity index (χ2n) is 34.8. The van der Waals surface area contributed by atoms with Crippen LogP contribution in [-0.2, 0) is 5.41 Å². The Balaban J connectivity index is 0.000000104. The van der Waals surface area contributed by atoms with Crippen LogP contribution in [0.1, 0.15) is 25.0 Å². The molecule has 624 valence electrons. The summed E-state index contributed by atoms with van der Waals surface area (Å²) in [4.78, 5) is 36.2. The zero-order valence-corrected chi connectivity index (χ0v) is 72.5. The van der Waals surface area contributed by atoms with Gasteiger partial charge in [-0.1, -0.05) is 287 Å². The maximum atomic E-state index is 5.43. The first kappa shape index (κ1) is 76.4. The molecule has 0 bridgehead atoms. The molecule has 0 spiro atoms. The van der Waals surface area contributed by atoms with Gasteiger partial charge in [0.05, 0.1) is 89.0 Å². The Kier molecular flexibility index (Phi) is 17.7. The van der Waals surface area contributed by atoms with Crippen LogP contribution >= 0.6 is 0 Å². The van der Waals surface area contributed by atoms with E-state index in [1.54, 1.807) is 0 Å². The van der Waals surface area contributed by atoms with Gasteiger partial charge in [-0.05, 0) is 179 Å². The van der Waals surface area contributed by atoms with Crippen molar-refractivity contribution in [3.8, 4) is 91.1 Å². The molecule has 0 amide bonds. The summed E-state index contributed by atoms with van der Waals surface area (Å²) >= 11 is 0. The van der Waals surface area contributed by atoms with Crippen LogP contribution in [0.3, 0.4) is 0 Å². The number of nitrogens with zero attached hydrogens (tertiary/aromatic N) is 13. The zero-order valence-electron chi connectivity index (χ0n) is 72.5. The van der Waals surface area contributed by atoms with Gasteiger partial charge in [0, 0.05) is 134 Å². The Bertz CT molecular complexity index is 9360. The molecule has 13 nitrogen and oxygen atoms in total. The molecular weight excluding hydrogens is 1620 g/mol. The van der Waals surface area contributed by atoms with Crippen molar-refractivity contribution in [1.29, 1.82) is 0 Å². The van der Waals surface area contributed by atoms with Gasteiger partial charge in [-0.15, -0.1) is 0 Å². The summed E-state index contributed by atoms with van der Waals surface area (Å²) in [5, 5.41) is 16.2. The molecule has 28 rings (SSSR count). The number of pyridine rings is 1. The van der Waals surface area contributed by atoms with E-state index in [2.05, 4.69) is 441 Å². The van der Waals surface area contributed by atoms with Gasteiger partial charge in [0.2, 0.25) is 17.8 Å². The molecule has 17 aromatic carbocycles. The van der Waals surface area contributed by atoms with Crippen LogP contribution < -0.4 is 0 Å². The van der Waals surface area contributed by atoms with Gasteiger partial charge in [0.1, 0.15) is 0 Å². The Labute approximate surface area is 763 Å². The smallest absolute Gasteiger partial charge is 0.235 e. The minimum Gasteiger partial charge on any atom is -0.316 e. The number of hydrogen-bond acceptors (Lipinski definition) is 7. The predicted molar refractivity (Wildman–Crippen MR) is 547 cm³/mol.